The summed E-state index contributed by atoms with van der Waals surface area (Å²) in [7, 11) is 2.97. The van der Waals surface area contributed by atoms with Crippen LogP contribution in [0.1, 0.15) is 21.5 Å². The van der Waals surface area contributed by atoms with Gasteiger partial charge in [-0.3, -0.25) is 4.79 Å². The van der Waals surface area contributed by atoms with Gasteiger partial charge in [0.1, 0.15) is 11.5 Å². The van der Waals surface area contributed by atoms with Crippen molar-refractivity contribution in [1.29, 1.82) is 0 Å². The SMILES string of the molecule is COc1cc(OC)cc(C(=O)OCC(=O)Nc2ccc(C)cc2C)c1. The lowest BCUT2D eigenvalue weighted by molar-refractivity contribution is -0.119. The van der Waals surface area contributed by atoms with Crippen molar-refractivity contribution in [1.82, 2.24) is 0 Å². The largest absolute Gasteiger partial charge is 0.497 e. The van der Waals surface area contributed by atoms with E-state index in [4.69, 9.17) is 14.2 Å². The first-order chi connectivity index (χ1) is 11.9. The maximum atomic E-state index is 12.1. The van der Waals surface area contributed by atoms with Gasteiger partial charge in [0.15, 0.2) is 6.61 Å². The maximum Gasteiger partial charge on any atom is 0.338 e. The Balaban J connectivity index is 1.98. The minimum atomic E-state index is -0.632. The molecule has 1 N–H and O–H groups in total. The van der Waals surface area contributed by atoms with Crippen LogP contribution >= 0.6 is 0 Å². The molecule has 0 bridgehead atoms. The summed E-state index contributed by atoms with van der Waals surface area (Å²) in [6.45, 7) is 3.49. The van der Waals surface area contributed by atoms with Crippen molar-refractivity contribution in [3.8, 4) is 11.5 Å². The summed E-state index contributed by atoms with van der Waals surface area (Å²) in [5.41, 5.74) is 2.98. The predicted octanol–water partition coefficient (Wildman–Crippen LogP) is 3.12. The van der Waals surface area contributed by atoms with E-state index in [1.54, 1.807) is 6.07 Å². The summed E-state index contributed by atoms with van der Waals surface area (Å²) < 4.78 is 15.3. The Bertz CT molecular complexity index is 763. The molecule has 0 aliphatic carbocycles. The fraction of sp³-hybridized carbons (Fsp3) is 0.263. The molecule has 0 aliphatic rings. The number of carbonyl (C=O) groups excluding carboxylic acids is 2. The monoisotopic (exact) mass is 343 g/mol. The van der Waals surface area contributed by atoms with Crippen LogP contribution in [-0.4, -0.2) is 32.7 Å². The maximum absolute atomic E-state index is 12.1. The minimum Gasteiger partial charge on any atom is -0.497 e. The van der Waals surface area contributed by atoms with Crippen molar-refractivity contribution in [2.75, 3.05) is 26.1 Å². The molecule has 0 spiro atoms. The lowest BCUT2D eigenvalue weighted by Gasteiger charge is -2.10. The molecule has 0 atom stereocenters. The van der Waals surface area contributed by atoms with Gasteiger partial charge >= 0.3 is 5.97 Å². The number of esters is 1. The molecule has 0 radical (unpaired) electrons. The zero-order valence-corrected chi connectivity index (χ0v) is 14.7. The summed E-state index contributed by atoms with van der Waals surface area (Å²) >= 11 is 0. The standard InChI is InChI=1S/C19H21NO5/c1-12-5-6-17(13(2)7-12)20-18(21)11-25-19(22)14-8-15(23-3)10-16(9-14)24-4/h5-10H,11H2,1-4H3,(H,20,21). The molecule has 0 saturated heterocycles. The van der Waals surface area contributed by atoms with Crippen LogP contribution in [0.25, 0.3) is 0 Å². The van der Waals surface area contributed by atoms with Crippen LogP contribution in [0.3, 0.4) is 0 Å². The Labute approximate surface area is 146 Å². The van der Waals surface area contributed by atoms with Gasteiger partial charge in [-0.2, -0.15) is 0 Å². The van der Waals surface area contributed by atoms with Crippen molar-refractivity contribution in [2.24, 2.45) is 0 Å². The van der Waals surface area contributed by atoms with Crippen molar-refractivity contribution >= 4 is 17.6 Å². The van der Waals surface area contributed by atoms with Crippen molar-refractivity contribution in [3.05, 3.63) is 53.1 Å². The van der Waals surface area contributed by atoms with Gasteiger partial charge in [0.05, 0.1) is 19.8 Å². The van der Waals surface area contributed by atoms with Crippen LogP contribution in [0, 0.1) is 13.8 Å². The van der Waals surface area contributed by atoms with Crippen LogP contribution in [-0.2, 0) is 9.53 Å². The molecule has 0 fully saturated rings. The second kappa shape index (κ2) is 8.19. The number of anilines is 1. The number of nitrogens with one attached hydrogen (secondary N) is 1. The Morgan fingerprint density at radius 2 is 1.60 bits per heavy atom. The average molecular weight is 343 g/mol. The number of ether oxygens (including phenoxy) is 3. The van der Waals surface area contributed by atoms with E-state index in [9.17, 15) is 9.59 Å². The number of hydrogen-bond acceptors (Lipinski definition) is 5. The molecule has 1 amide bonds. The summed E-state index contributed by atoms with van der Waals surface area (Å²) in [6.07, 6.45) is 0. The highest BCUT2D eigenvalue weighted by molar-refractivity contribution is 5.96. The number of carbonyl (C=O) groups is 2. The topological polar surface area (TPSA) is 73.9 Å². The average Bonchev–Trinajstić information content (AvgIpc) is 2.61. The zero-order chi connectivity index (χ0) is 18.4. The van der Waals surface area contributed by atoms with Gasteiger partial charge in [0.25, 0.3) is 5.91 Å². The van der Waals surface area contributed by atoms with E-state index in [0.717, 1.165) is 11.1 Å². The van der Waals surface area contributed by atoms with Crippen LogP contribution < -0.4 is 14.8 Å². The molecule has 132 valence electrons. The molecular formula is C19H21NO5. The summed E-state index contributed by atoms with van der Waals surface area (Å²) in [4.78, 5) is 24.1. The van der Waals surface area contributed by atoms with E-state index in [-0.39, 0.29) is 12.2 Å². The molecule has 25 heavy (non-hydrogen) atoms. The molecule has 2 aromatic rings. The molecule has 6 nitrogen and oxygen atoms in total. The van der Waals surface area contributed by atoms with Crippen molar-refractivity contribution in [3.63, 3.8) is 0 Å². The number of aryl methyl sites for hydroxylation is 2. The first-order valence-electron chi connectivity index (χ1n) is 7.70. The summed E-state index contributed by atoms with van der Waals surface area (Å²) in [6, 6.07) is 10.4. The van der Waals surface area contributed by atoms with Gasteiger partial charge in [-0.05, 0) is 37.6 Å². The first-order valence-corrected chi connectivity index (χ1v) is 7.70. The smallest absolute Gasteiger partial charge is 0.338 e. The third kappa shape index (κ3) is 4.97. The number of benzene rings is 2. The van der Waals surface area contributed by atoms with Crippen LogP contribution in [0.2, 0.25) is 0 Å². The molecule has 0 aliphatic heterocycles. The molecule has 0 unspecified atom stereocenters. The first kappa shape index (κ1) is 18.3. The Morgan fingerprint density at radius 1 is 0.960 bits per heavy atom. The van der Waals surface area contributed by atoms with Gasteiger partial charge in [-0.1, -0.05) is 17.7 Å². The highest BCUT2D eigenvalue weighted by Crippen LogP contribution is 2.23. The minimum absolute atomic E-state index is 0.246. The van der Waals surface area contributed by atoms with Crippen LogP contribution in [0.15, 0.2) is 36.4 Å². The fourth-order valence-electron chi connectivity index (χ4n) is 2.28. The van der Waals surface area contributed by atoms with E-state index in [0.29, 0.717) is 17.2 Å². The molecule has 2 aromatic carbocycles. The number of amides is 1. The number of rotatable bonds is 6. The Hall–Kier alpha value is -3.02. The molecular weight excluding hydrogens is 322 g/mol. The van der Waals surface area contributed by atoms with Gasteiger partial charge in [-0.25, -0.2) is 4.79 Å². The highest BCUT2D eigenvalue weighted by Gasteiger charge is 2.14. The molecule has 2 rings (SSSR count). The molecule has 6 heteroatoms. The highest BCUT2D eigenvalue weighted by atomic mass is 16.5. The van der Waals surface area contributed by atoms with Gasteiger partial charge in [0, 0.05) is 11.8 Å². The summed E-state index contributed by atoms with van der Waals surface area (Å²) in [5.74, 6) is -0.111. The third-order valence-corrected chi connectivity index (χ3v) is 3.58. The van der Waals surface area contributed by atoms with Crippen molar-refractivity contribution in [2.45, 2.75) is 13.8 Å². The third-order valence-electron chi connectivity index (χ3n) is 3.58. The van der Waals surface area contributed by atoms with E-state index >= 15 is 0 Å². The van der Waals surface area contributed by atoms with Gasteiger partial charge < -0.3 is 19.5 Å². The van der Waals surface area contributed by atoms with E-state index < -0.39 is 11.9 Å². The Morgan fingerprint density at radius 3 is 2.16 bits per heavy atom. The lowest BCUT2D eigenvalue weighted by Crippen LogP contribution is -2.21. The van der Waals surface area contributed by atoms with Crippen molar-refractivity contribution < 1.29 is 23.8 Å². The van der Waals surface area contributed by atoms with E-state index in [1.807, 2.05) is 32.0 Å². The second-order valence-electron chi connectivity index (χ2n) is 5.54. The summed E-state index contributed by atoms with van der Waals surface area (Å²) in [5, 5.41) is 2.72. The van der Waals surface area contributed by atoms with E-state index in [2.05, 4.69) is 5.32 Å². The zero-order valence-electron chi connectivity index (χ0n) is 14.7. The number of methoxy groups -OCH3 is 2. The fourth-order valence-corrected chi connectivity index (χ4v) is 2.28. The Kier molecular flexibility index (Phi) is 6.00. The van der Waals surface area contributed by atoms with Gasteiger partial charge in [-0.15, -0.1) is 0 Å². The van der Waals surface area contributed by atoms with Crippen LogP contribution in [0.4, 0.5) is 5.69 Å². The molecule has 0 saturated carbocycles. The quantitative estimate of drug-likeness (QED) is 0.816. The lowest BCUT2D eigenvalue weighted by atomic mass is 10.1. The second-order valence-corrected chi connectivity index (χ2v) is 5.54. The van der Waals surface area contributed by atoms with Gasteiger partial charge in [0.2, 0.25) is 0 Å². The van der Waals surface area contributed by atoms with Crippen LogP contribution in [0.5, 0.6) is 11.5 Å². The molecule has 0 heterocycles. The number of hydrogen-bond donors (Lipinski definition) is 1. The molecule has 0 aromatic heterocycles. The normalized spacial score (nSPS) is 10.1. The van der Waals surface area contributed by atoms with E-state index in [1.165, 1.54) is 26.4 Å². The predicted molar refractivity (Wildman–Crippen MR) is 94.4 cm³/mol.